The van der Waals surface area contributed by atoms with E-state index in [2.05, 4.69) is 20.1 Å². The van der Waals surface area contributed by atoms with Crippen LogP contribution in [0.25, 0.3) is 11.6 Å². The molecule has 2 rings (SSSR count). The third-order valence-corrected chi connectivity index (χ3v) is 1.79. The number of rotatable bonds is 2. The molecular weight excluding hydrogens is 180 g/mol. The van der Waals surface area contributed by atoms with Gasteiger partial charge in [-0.25, -0.2) is 19.6 Å². The lowest BCUT2D eigenvalue weighted by Gasteiger charge is -2.01. The van der Waals surface area contributed by atoms with Gasteiger partial charge in [0.1, 0.15) is 12.1 Å². The van der Waals surface area contributed by atoms with Crippen molar-refractivity contribution in [1.29, 1.82) is 0 Å². The van der Waals surface area contributed by atoms with Crippen LogP contribution in [0.4, 0.5) is 5.82 Å². The predicted molar refractivity (Wildman–Crippen MR) is 51.1 cm³/mol. The van der Waals surface area contributed by atoms with Crippen molar-refractivity contribution in [2.75, 3.05) is 5.73 Å². The molecule has 2 aromatic rings. The fourth-order valence-corrected chi connectivity index (χ4v) is 1.15. The fourth-order valence-electron chi connectivity index (χ4n) is 1.15. The van der Waals surface area contributed by atoms with Gasteiger partial charge in [0.05, 0.1) is 0 Å². The predicted octanol–water partition coefficient (Wildman–Crippen LogP) is 0.337. The van der Waals surface area contributed by atoms with Crippen molar-refractivity contribution >= 4 is 5.82 Å². The van der Waals surface area contributed by atoms with E-state index in [1.807, 2.05) is 6.92 Å². The number of nitrogens with zero attached hydrogens (tertiary/aromatic N) is 5. The first kappa shape index (κ1) is 8.61. The Labute approximate surface area is 80.8 Å². The van der Waals surface area contributed by atoms with E-state index < -0.39 is 0 Å². The molecule has 0 amide bonds. The van der Waals surface area contributed by atoms with Gasteiger partial charge >= 0.3 is 0 Å². The summed E-state index contributed by atoms with van der Waals surface area (Å²) in [6.45, 7) is 2.71. The lowest BCUT2D eigenvalue weighted by atomic mass is 10.5. The first-order valence-electron chi connectivity index (χ1n) is 4.28. The smallest absolute Gasteiger partial charge is 0.199 e. The van der Waals surface area contributed by atoms with Crippen molar-refractivity contribution in [3.05, 3.63) is 18.6 Å². The van der Waals surface area contributed by atoms with Crippen LogP contribution < -0.4 is 5.73 Å². The van der Waals surface area contributed by atoms with E-state index >= 15 is 0 Å². The highest BCUT2D eigenvalue weighted by atomic mass is 15.3. The molecule has 0 atom stereocenters. The molecule has 2 N–H and O–H groups in total. The summed E-state index contributed by atoms with van der Waals surface area (Å²) in [5, 5.41) is 4.03. The van der Waals surface area contributed by atoms with Crippen molar-refractivity contribution in [3.8, 4) is 11.6 Å². The molecule has 0 saturated heterocycles. The average Bonchev–Trinajstić information content (AvgIpc) is 2.65. The monoisotopic (exact) mass is 190 g/mol. The van der Waals surface area contributed by atoms with Crippen LogP contribution in [0.3, 0.4) is 0 Å². The van der Waals surface area contributed by atoms with Crippen LogP contribution >= 0.6 is 0 Å². The largest absolute Gasteiger partial charge is 0.384 e. The molecule has 0 saturated carbocycles. The Morgan fingerprint density at radius 2 is 2.29 bits per heavy atom. The van der Waals surface area contributed by atoms with Crippen molar-refractivity contribution < 1.29 is 0 Å². The second-order valence-electron chi connectivity index (χ2n) is 2.70. The SMILES string of the molecule is CCn1ncnc1-c1nccc(N)n1. The topological polar surface area (TPSA) is 82.5 Å². The quantitative estimate of drug-likeness (QED) is 0.738. The summed E-state index contributed by atoms with van der Waals surface area (Å²) in [5.74, 6) is 1.57. The molecule has 2 heterocycles. The van der Waals surface area contributed by atoms with Crippen LogP contribution in [-0.4, -0.2) is 24.7 Å². The van der Waals surface area contributed by atoms with Gasteiger partial charge in [-0.15, -0.1) is 0 Å². The maximum atomic E-state index is 5.55. The summed E-state index contributed by atoms with van der Waals surface area (Å²) < 4.78 is 1.72. The highest BCUT2D eigenvalue weighted by Crippen LogP contribution is 2.10. The number of aryl methyl sites for hydroxylation is 1. The number of hydrogen-bond donors (Lipinski definition) is 1. The lowest BCUT2D eigenvalue weighted by Crippen LogP contribution is -2.03. The van der Waals surface area contributed by atoms with E-state index in [1.165, 1.54) is 6.33 Å². The first-order chi connectivity index (χ1) is 6.81. The molecule has 72 valence electrons. The van der Waals surface area contributed by atoms with Crippen LogP contribution in [0.2, 0.25) is 0 Å². The third-order valence-electron chi connectivity index (χ3n) is 1.79. The summed E-state index contributed by atoms with van der Waals surface area (Å²) in [4.78, 5) is 12.2. The summed E-state index contributed by atoms with van der Waals surface area (Å²) in [7, 11) is 0. The fraction of sp³-hybridized carbons (Fsp3) is 0.250. The Morgan fingerprint density at radius 1 is 1.43 bits per heavy atom. The van der Waals surface area contributed by atoms with Gasteiger partial charge in [0.25, 0.3) is 0 Å². The molecule has 14 heavy (non-hydrogen) atoms. The maximum absolute atomic E-state index is 5.55. The zero-order valence-corrected chi connectivity index (χ0v) is 7.75. The molecule has 0 spiro atoms. The van der Waals surface area contributed by atoms with Crippen LogP contribution in [0.5, 0.6) is 0 Å². The molecule has 0 fully saturated rings. The summed E-state index contributed by atoms with van der Waals surface area (Å²) >= 11 is 0. The van der Waals surface area contributed by atoms with Gasteiger partial charge < -0.3 is 5.73 Å². The number of anilines is 1. The van der Waals surface area contributed by atoms with E-state index in [0.29, 0.717) is 17.5 Å². The average molecular weight is 190 g/mol. The van der Waals surface area contributed by atoms with Gasteiger partial charge in [-0.1, -0.05) is 0 Å². The standard InChI is InChI=1S/C8H10N6/c1-2-14-8(11-5-12-14)7-10-4-3-6(9)13-7/h3-5H,2H2,1H3,(H2,9,10,13). The van der Waals surface area contributed by atoms with E-state index in [4.69, 9.17) is 5.73 Å². The van der Waals surface area contributed by atoms with Crippen LogP contribution in [0, 0.1) is 0 Å². The molecule has 6 nitrogen and oxygen atoms in total. The molecule has 0 aliphatic carbocycles. The zero-order chi connectivity index (χ0) is 9.97. The van der Waals surface area contributed by atoms with Crippen molar-refractivity contribution in [3.63, 3.8) is 0 Å². The zero-order valence-electron chi connectivity index (χ0n) is 7.75. The molecule has 2 aromatic heterocycles. The van der Waals surface area contributed by atoms with Gasteiger partial charge in [0.2, 0.25) is 0 Å². The second-order valence-corrected chi connectivity index (χ2v) is 2.70. The van der Waals surface area contributed by atoms with Crippen molar-refractivity contribution in [2.24, 2.45) is 0 Å². The molecular formula is C8H10N6. The summed E-state index contributed by atoms with van der Waals surface area (Å²) in [5.41, 5.74) is 5.55. The number of nitrogen functional groups attached to an aromatic ring is 1. The molecule has 0 bridgehead atoms. The highest BCUT2D eigenvalue weighted by Gasteiger charge is 2.08. The van der Waals surface area contributed by atoms with E-state index in [-0.39, 0.29) is 0 Å². The number of aromatic nitrogens is 5. The van der Waals surface area contributed by atoms with Crippen LogP contribution in [0.1, 0.15) is 6.92 Å². The Kier molecular flexibility index (Phi) is 2.10. The first-order valence-corrected chi connectivity index (χ1v) is 4.28. The van der Waals surface area contributed by atoms with Gasteiger partial charge in [0.15, 0.2) is 11.6 Å². The maximum Gasteiger partial charge on any atom is 0.199 e. The number of nitrogens with two attached hydrogens (primary N) is 1. The second kappa shape index (κ2) is 3.41. The lowest BCUT2D eigenvalue weighted by molar-refractivity contribution is 0.662. The Hall–Kier alpha value is -1.98. The molecule has 0 radical (unpaired) electrons. The van der Waals surface area contributed by atoms with E-state index in [1.54, 1.807) is 16.9 Å². The molecule has 0 aromatic carbocycles. The van der Waals surface area contributed by atoms with Crippen LogP contribution in [0.15, 0.2) is 18.6 Å². The minimum absolute atomic E-state index is 0.431. The summed E-state index contributed by atoms with van der Waals surface area (Å²) in [6.07, 6.45) is 3.08. The molecule has 0 aliphatic heterocycles. The Bertz CT molecular complexity index is 435. The third kappa shape index (κ3) is 1.41. The minimum Gasteiger partial charge on any atom is -0.384 e. The van der Waals surface area contributed by atoms with Gasteiger partial charge in [0, 0.05) is 12.7 Å². The van der Waals surface area contributed by atoms with Crippen LogP contribution in [-0.2, 0) is 6.54 Å². The van der Waals surface area contributed by atoms with Crippen molar-refractivity contribution in [1.82, 2.24) is 24.7 Å². The number of hydrogen-bond acceptors (Lipinski definition) is 5. The highest BCUT2D eigenvalue weighted by molar-refractivity contribution is 5.45. The minimum atomic E-state index is 0.431. The molecule has 0 unspecified atom stereocenters. The van der Waals surface area contributed by atoms with E-state index in [0.717, 1.165) is 6.54 Å². The molecule has 6 heteroatoms. The normalized spacial score (nSPS) is 10.4. The Balaban J connectivity index is 2.49. The molecule has 0 aliphatic rings. The van der Waals surface area contributed by atoms with E-state index in [9.17, 15) is 0 Å². The van der Waals surface area contributed by atoms with Gasteiger partial charge in [-0.2, -0.15) is 5.10 Å². The Morgan fingerprint density at radius 3 is 3.00 bits per heavy atom. The summed E-state index contributed by atoms with van der Waals surface area (Å²) in [6, 6.07) is 1.64. The van der Waals surface area contributed by atoms with Gasteiger partial charge in [-0.05, 0) is 13.0 Å². The van der Waals surface area contributed by atoms with Gasteiger partial charge in [-0.3, -0.25) is 0 Å². The van der Waals surface area contributed by atoms with Crippen molar-refractivity contribution in [2.45, 2.75) is 13.5 Å².